The molecule has 0 N–H and O–H groups in total. The quantitative estimate of drug-likeness (QED) is 0.672. The lowest BCUT2D eigenvalue weighted by Crippen LogP contribution is -2.12. The summed E-state index contributed by atoms with van der Waals surface area (Å²) in [4.78, 5) is 12.6. The van der Waals surface area contributed by atoms with Crippen LogP contribution in [0.2, 0.25) is 0 Å². The number of carbonyl (C=O) groups excluding carboxylic acids is 1. The standard InChI is InChI=1S/C20H18N2O4/c1-3-15-11-19(22(21-15)16-7-5-4-6-13(16)2)26-20(23)14-8-9-17-18(10-14)25-12-24-17/h4-11H,3,12H2,1-2H3. The van der Waals surface area contributed by atoms with Crippen molar-refractivity contribution >= 4 is 5.97 Å². The molecule has 2 aromatic carbocycles. The highest BCUT2D eigenvalue weighted by molar-refractivity contribution is 5.91. The molecule has 0 saturated carbocycles. The minimum Gasteiger partial charge on any atom is -0.454 e. The molecule has 0 atom stereocenters. The van der Waals surface area contributed by atoms with Gasteiger partial charge in [-0.1, -0.05) is 25.1 Å². The second-order valence-corrected chi connectivity index (χ2v) is 5.98. The van der Waals surface area contributed by atoms with Crippen LogP contribution in [-0.4, -0.2) is 22.5 Å². The Morgan fingerprint density at radius 1 is 1.15 bits per heavy atom. The molecule has 1 aliphatic rings. The van der Waals surface area contributed by atoms with Gasteiger partial charge < -0.3 is 14.2 Å². The molecule has 0 aliphatic carbocycles. The van der Waals surface area contributed by atoms with Crippen LogP contribution in [0.5, 0.6) is 17.4 Å². The van der Waals surface area contributed by atoms with Crippen LogP contribution in [0.15, 0.2) is 48.5 Å². The first-order chi connectivity index (χ1) is 12.7. The molecule has 3 aromatic rings. The number of para-hydroxylation sites is 1. The molecule has 2 heterocycles. The van der Waals surface area contributed by atoms with E-state index in [9.17, 15) is 4.79 Å². The van der Waals surface area contributed by atoms with Crippen molar-refractivity contribution in [2.75, 3.05) is 6.79 Å². The van der Waals surface area contributed by atoms with E-state index in [-0.39, 0.29) is 6.79 Å². The van der Waals surface area contributed by atoms with Crippen LogP contribution in [0.3, 0.4) is 0 Å². The Morgan fingerprint density at radius 3 is 2.77 bits per heavy atom. The number of hydrogen-bond acceptors (Lipinski definition) is 5. The van der Waals surface area contributed by atoms with Gasteiger partial charge in [-0.3, -0.25) is 0 Å². The normalized spacial score (nSPS) is 12.2. The number of ether oxygens (including phenoxy) is 3. The fraction of sp³-hybridized carbons (Fsp3) is 0.200. The fourth-order valence-corrected chi connectivity index (χ4v) is 2.81. The molecule has 0 unspecified atom stereocenters. The molecule has 132 valence electrons. The second kappa shape index (κ2) is 6.55. The lowest BCUT2D eigenvalue weighted by Gasteiger charge is -2.10. The van der Waals surface area contributed by atoms with Crippen LogP contribution in [0, 0.1) is 6.92 Å². The Kier molecular flexibility index (Phi) is 4.08. The maximum Gasteiger partial charge on any atom is 0.344 e. The molecule has 0 bridgehead atoms. The number of carbonyl (C=O) groups is 1. The molecule has 0 spiro atoms. The lowest BCUT2D eigenvalue weighted by molar-refractivity contribution is 0.0722. The highest BCUT2D eigenvalue weighted by atomic mass is 16.7. The minimum atomic E-state index is -0.472. The molecule has 1 aromatic heterocycles. The van der Waals surface area contributed by atoms with Gasteiger partial charge >= 0.3 is 5.97 Å². The zero-order valence-corrected chi connectivity index (χ0v) is 14.6. The highest BCUT2D eigenvalue weighted by Gasteiger charge is 2.20. The molecule has 4 rings (SSSR count). The molecular formula is C20H18N2O4. The Morgan fingerprint density at radius 2 is 1.96 bits per heavy atom. The SMILES string of the molecule is CCc1cc(OC(=O)c2ccc3c(c2)OCO3)n(-c2ccccc2C)n1. The van der Waals surface area contributed by atoms with Gasteiger partial charge in [-0.2, -0.15) is 5.10 Å². The number of rotatable bonds is 4. The number of nitrogens with zero attached hydrogens (tertiary/aromatic N) is 2. The third-order valence-corrected chi connectivity index (χ3v) is 4.24. The zero-order chi connectivity index (χ0) is 18.1. The van der Waals surface area contributed by atoms with Crippen molar-refractivity contribution in [2.45, 2.75) is 20.3 Å². The molecule has 6 heteroatoms. The molecule has 6 nitrogen and oxygen atoms in total. The maximum atomic E-state index is 12.6. The van der Waals surface area contributed by atoms with Crippen molar-refractivity contribution in [3.05, 3.63) is 65.4 Å². The molecule has 0 amide bonds. The van der Waals surface area contributed by atoms with Gasteiger partial charge in [0.15, 0.2) is 11.5 Å². The first-order valence-electron chi connectivity index (χ1n) is 8.42. The Hall–Kier alpha value is -3.28. The van der Waals surface area contributed by atoms with Crippen LogP contribution >= 0.6 is 0 Å². The Bertz CT molecular complexity index is 978. The van der Waals surface area contributed by atoms with Gasteiger partial charge in [-0.25, -0.2) is 9.48 Å². The summed E-state index contributed by atoms with van der Waals surface area (Å²) in [5.41, 5.74) is 3.16. The van der Waals surface area contributed by atoms with Gasteiger partial charge in [0.2, 0.25) is 12.7 Å². The summed E-state index contributed by atoms with van der Waals surface area (Å²) in [6.45, 7) is 4.16. The van der Waals surface area contributed by atoms with Crippen LogP contribution in [0.1, 0.15) is 28.5 Å². The predicted molar refractivity (Wildman–Crippen MR) is 95.2 cm³/mol. The smallest absolute Gasteiger partial charge is 0.344 e. The molecule has 0 radical (unpaired) electrons. The number of fused-ring (bicyclic) bond motifs is 1. The van der Waals surface area contributed by atoms with Crippen molar-refractivity contribution in [2.24, 2.45) is 0 Å². The lowest BCUT2D eigenvalue weighted by atomic mass is 10.2. The van der Waals surface area contributed by atoms with E-state index in [1.54, 1.807) is 28.9 Å². The molecular weight excluding hydrogens is 332 g/mol. The van der Waals surface area contributed by atoms with Crippen molar-refractivity contribution < 1.29 is 19.0 Å². The summed E-state index contributed by atoms with van der Waals surface area (Å²) in [7, 11) is 0. The number of hydrogen-bond donors (Lipinski definition) is 0. The maximum absolute atomic E-state index is 12.6. The summed E-state index contributed by atoms with van der Waals surface area (Å²) >= 11 is 0. The molecule has 0 fully saturated rings. The van der Waals surface area contributed by atoms with Gasteiger partial charge in [0.25, 0.3) is 0 Å². The van der Waals surface area contributed by atoms with Crippen molar-refractivity contribution in [1.29, 1.82) is 0 Å². The summed E-state index contributed by atoms with van der Waals surface area (Å²) in [5, 5.41) is 4.56. The van der Waals surface area contributed by atoms with Crippen LogP contribution in [0.4, 0.5) is 0 Å². The molecule has 0 saturated heterocycles. The zero-order valence-electron chi connectivity index (χ0n) is 14.6. The first kappa shape index (κ1) is 16.2. The summed E-state index contributed by atoms with van der Waals surface area (Å²) < 4.78 is 17.9. The van der Waals surface area contributed by atoms with E-state index in [1.165, 1.54) is 0 Å². The highest BCUT2D eigenvalue weighted by Crippen LogP contribution is 2.33. The number of esters is 1. The summed E-state index contributed by atoms with van der Waals surface area (Å²) in [6.07, 6.45) is 0.744. The number of aryl methyl sites for hydroxylation is 2. The average Bonchev–Trinajstić information content (AvgIpc) is 3.28. The van der Waals surface area contributed by atoms with Crippen molar-refractivity contribution in [1.82, 2.24) is 9.78 Å². The topological polar surface area (TPSA) is 62.6 Å². The average molecular weight is 350 g/mol. The van der Waals surface area contributed by atoms with Crippen molar-refractivity contribution in [3.63, 3.8) is 0 Å². The van der Waals surface area contributed by atoms with Gasteiger partial charge in [-0.05, 0) is 43.2 Å². The summed E-state index contributed by atoms with van der Waals surface area (Å²) in [6, 6.07) is 14.6. The van der Waals surface area contributed by atoms with E-state index in [0.717, 1.165) is 23.4 Å². The van der Waals surface area contributed by atoms with Crippen molar-refractivity contribution in [3.8, 4) is 23.1 Å². The predicted octanol–water partition coefficient (Wildman–Crippen LogP) is 3.69. The van der Waals surface area contributed by atoms with Crippen LogP contribution in [0.25, 0.3) is 5.69 Å². The van der Waals surface area contributed by atoms with E-state index in [2.05, 4.69) is 5.10 Å². The first-order valence-corrected chi connectivity index (χ1v) is 8.42. The van der Waals surface area contributed by atoms with Crippen LogP contribution in [-0.2, 0) is 6.42 Å². The molecule has 1 aliphatic heterocycles. The fourth-order valence-electron chi connectivity index (χ4n) is 2.81. The van der Waals surface area contributed by atoms with E-state index in [0.29, 0.717) is 22.9 Å². The number of benzene rings is 2. The van der Waals surface area contributed by atoms with E-state index in [4.69, 9.17) is 14.2 Å². The largest absolute Gasteiger partial charge is 0.454 e. The Balaban J connectivity index is 1.67. The second-order valence-electron chi connectivity index (χ2n) is 5.98. The van der Waals surface area contributed by atoms with Gasteiger partial charge in [0.05, 0.1) is 16.9 Å². The van der Waals surface area contributed by atoms with Crippen LogP contribution < -0.4 is 14.2 Å². The molecule has 26 heavy (non-hydrogen) atoms. The van der Waals surface area contributed by atoms with E-state index in [1.807, 2.05) is 38.1 Å². The third-order valence-electron chi connectivity index (χ3n) is 4.24. The third kappa shape index (κ3) is 2.90. The Labute approximate surface area is 150 Å². The minimum absolute atomic E-state index is 0.160. The number of aromatic nitrogens is 2. The van der Waals surface area contributed by atoms with Gasteiger partial charge in [0, 0.05) is 6.07 Å². The van der Waals surface area contributed by atoms with E-state index >= 15 is 0 Å². The monoisotopic (exact) mass is 350 g/mol. The summed E-state index contributed by atoms with van der Waals surface area (Å²) in [5.74, 6) is 1.08. The van der Waals surface area contributed by atoms with E-state index < -0.39 is 5.97 Å². The van der Waals surface area contributed by atoms with Gasteiger partial charge in [0.1, 0.15) is 0 Å². The van der Waals surface area contributed by atoms with Gasteiger partial charge in [-0.15, -0.1) is 0 Å².